The van der Waals surface area contributed by atoms with Crippen molar-refractivity contribution in [2.24, 2.45) is 0 Å². The number of benzene rings is 1. The number of aromatic nitrogens is 2. The lowest BCUT2D eigenvalue weighted by Gasteiger charge is -1.96. The van der Waals surface area contributed by atoms with Gasteiger partial charge in [0.2, 0.25) is 0 Å². The molecule has 0 aliphatic heterocycles. The molecule has 0 radical (unpaired) electrons. The van der Waals surface area contributed by atoms with Crippen molar-refractivity contribution >= 4 is 22.0 Å². The van der Waals surface area contributed by atoms with Crippen LogP contribution in [-0.2, 0) is 16.8 Å². The Morgan fingerprint density at radius 2 is 2.38 bits per heavy atom. The minimum atomic E-state index is -1.78. The minimum Gasteiger partial charge on any atom is -0.306 e. The van der Waals surface area contributed by atoms with Crippen LogP contribution in [0.1, 0.15) is 5.56 Å². The summed E-state index contributed by atoms with van der Waals surface area (Å²) in [5.41, 5.74) is 1.78. The van der Waals surface area contributed by atoms with E-state index in [1.54, 1.807) is 6.20 Å². The number of nitrogens with one attached hydrogen (secondary N) is 1. The molecule has 0 fully saturated rings. The van der Waals surface area contributed by atoms with E-state index < -0.39 is 11.1 Å². The summed E-state index contributed by atoms with van der Waals surface area (Å²) in [5, 5.41) is 7.63. The average Bonchev–Trinajstić information content (AvgIpc) is 2.49. The minimum absolute atomic E-state index is 0.168. The van der Waals surface area contributed by atoms with Gasteiger partial charge in [-0.25, -0.2) is 4.21 Å². The molecule has 13 heavy (non-hydrogen) atoms. The van der Waals surface area contributed by atoms with Gasteiger partial charge in [0.05, 0.1) is 17.5 Å². The molecule has 0 bridgehead atoms. The maximum Gasteiger partial charge on any atom is 0.157 e. The summed E-state index contributed by atoms with van der Waals surface area (Å²) in [6.45, 7) is 0. The third kappa shape index (κ3) is 1.76. The summed E-state index contributed by atoms with van der Waals surface area (Å²) in [6, 6.07) is 5.52. The largest absolute Gasteiger partial charge is 0.306 e. The molecular weight excluding hydrogens is 188 g/mol. The fourth-order valence-electron chi connectivity index (χ4n) is 1.22. The van der Waals surface area contributed by atoms with Crippen LogP contribution < -0.4 is 0 Å². The zero-order valence-corrected chi connectivity index (χ0v) is 7.54. The maximum absolute atomic E-state index is 10.5. The number of rotatable bonds is 2. The third-order valence-electron chi connectivity index (χ3n) is 1.79. The Morgan fingerprint density at radius 3 is 3.15 bits per heavy atom. The highest BCUT2D eigenvalue weighted by Gasteiger charge is 2.00. The first kappa shape index (κ1) is 8.40. The van der Waals surface area contributed by atoms with Gasteiger partial charge < -0.3 is 4.55 Å². The maximum atomic E-state index is 10.5. The van der Waals surface area contributed by atoms with Gasteiger partial charge in [-0.3, -0.25) is 5.10 Å². The lowest BCUT2D eigenvalue weighted by molar-refractivity contribution is 0.563. The van der Waals surface area contributed by atoms with Crippen molar-refractivity contribution < 1.29 is 8.76 Å². The third-order valence-corrected chi connectivity index (χ3v) is 2.38. The van der Waals surface area contributed by atoms with Crippen molar-refractivity contribution in [2.45, 2.75) is 5.75 Å². The quantitative estimate of drug-likeness (QED) is 0.711. The molecule has 1 unspecified atom stereocenters. The van der Waals surface area contributed by atoms with E-state index in [4.69, 9.17) is 4.55 Å². The second-order valence-electron chi connectivity index (χ2n) is 2.76. The fraction of sp³-hybridized carbons (Fsp3) is 0.125. The Hall–Kier alpha value is -1.20. The molecule has 2 aromatic rings. The van der Waals surface area contributed by atoms with E-state index in [1.165, 1.54) is 0 Å². The number of hydrogen-bond acceptors (Lipinski definition) is 2. The van der Waals surface area contributed by atoms with Crippen molar-refractivity contribution in [2.75, 3.05) is 0 Å². The Bertz CT molecular complexity index is 452. The lowest BCUT2D eigenvalue weighted by Crippen LogP contribution is -1.91. The zero-order valence-electron chi connectivity index (χ0n) is 6.73. The van der Waals surface area contributed by atoms with Gasteiger partial charge in [-0.1, -0.05) is 6.07 Å². The summed E-state index contributed by atoms with van der Waals surface area (Å²) in [6.07, 6.45) is 1.69. The van der Waals surface area contributed by atoms with Crippen LogP contribution in [0.2, 0.25) is 0 Å². The van der Waals surface area contributed by atoms with Gasteiger partial charge in [0, 0.05) is 5.39 Å². The zero-order chi connectivity index (χ0) is 9.26. The number of aromatic amines is 1. The molecule has 1 heterocycles. The normalized spacial score (nSPS) is 13.3. The van der Waals surface area contributed by atoms with Crippen molar-refractivity contribution in [3.8, 4) is 0 Å². The van der Waals surface area contributed by atoms with Gasteiger partial charge in [-0.05, 0) is 17.7 Å². The monoisotopic (exact) mass is 196 g/mol. The Balaban J connectivity index is 2.42. The van der Waals surface area contributed by atoms with Crippen molar-refractivity contribution in [1.29, 1.82) is 0 Å². The first-order valence-electron chi connectivity index (χ1n) is 3.75. The van der Waals surface area contributed by atoms with Gasteiger partial charge in [0.25, 0.3) is 0 Å². The summed E-state index contributed by atoms with van der Waals surface area (Å²) in [5.74, 6) is 0.168. The van der Waals surface area contributed by atoms with E-state index in [-0.39, 0.29) is 5.75 Å². The molecular formula is C8H8N2O2S. The van der Waals surface area contributed by atoms with Crippen LogP contribution in [0.25, 0.3) is 10.9 Å². The summed E-state index contributed by atoms with van der Waals surface area (Å²) < 4.78 is 19.2. The molecule has 4 nitrogen and oxygen atoms in total. The van der Waals surface area contributed by atoms with Crippen molar-refractivity contribution in [1.82, 2.24) is 10.2 Å². The highest BCUT2D eigenvalue weighted by molar-refractivity contribution is 7.78. The second kappa shape index (κ2) is 3.27. The van der Waals surface area contributed by atoms with Gasteiger partial charge in [-0.15, -0.1) is 0 Å². The van der Waals surface area contributed by atoms with E-state index in [1.807, 2.05) is 18.2 Å². The molecule has 0 saturated heterocycles. The molecule has 1 atom stereocenters. The lowest BCUT2D eigenvalue weighted by atomic mass is 10.2. The van der Waals surface area contributed by atoms with Crippen molar-refractivity contribution in [3.05, 3.63) is 30.0 Å². The predicted octanol–water partition coefficient (Wildman–Crippen LogP) is 1.28. The predicted molar refractivity (Wildman–Crippen MR) is 50.6 cm³/mol. The Kier molecular flexibility index (Phi) is 2.12. The number of nitrogens with zero attached hydrogens (tertiary/aromatic N) is 1. The van der Waals surface area contributed by atoms with E-state index in [2.05, 4.69) is 10.2 Å². The molecule has 2 rings (SSSR count). The van der Waals surface area contributed by atoms with E-state index in [0.717, 1.165) is 16.5 Å². The smallest absolute Gasteiger partial charge is 0.157 e. The van der Waals surface area contributed by atoms with Gasteiger partial charge in [0.1, 0.15) is 0 Å². The molecule has 68 valence electrons. The van der Waals surface area contributed by atoms with E-state index in [9.17, 15) is 4.21 Å². The standard InChI is InChI=1S/C8H8N2O2S/c11-13(12)5-6-1-2-8-7(3-6)4-9-10-8/h1-4H,5H2,(H,9,10)(H,11,12). The van der Waals surface area contributed by atoms with Crippen LogP contribution in [0.3, 0.4) is 0 Å². The second-order valence-corrected chi connectivity index (χ2v) is 3.69. The fourth-order valence-corrected chi connectivity index (χ4v) is 1.69. The molecule has 0 aliphatic carbocycles. The van der Waals surface area contributed by atoms with Crippen LogP contribution in [0.4, 0.5) is 0 Å². The Labute approximate surface area is 77.3 Å². The van der Waals surface area contributed by atoms with Crippen LogP contribution in [0.5, 0.6) is 0 Å². The average molecular weight is 196 g/mol. The molecule has 5 heteroatoms. The first-order chi connectivity index (χ1) is 6.25. The van der Waals surface area contributed by atoms with Gasteiger partial charge in [0.15, 0.2) is 11.1 Å². The summed E-state index contributed by atoms with van der Waals surface area (Å²) in [4.78, 5) is 0. The molecule has 0 saturated carbocycles. The SMILES string of the molecule is O=S(O)Cc1ccc2[nH]ncc2c1. The molecule has 0 aliphatic rings. The van der Waals surface area contributed by atoms with Crippen LogP contribution >= 0.6 is 0 Å². The van der Waals surface area contributed by atoms with E-state index >= 15 is 0 Å². The van der Waals surface area contributed by atoms with E-state index in [0.29, 0.717) is 0 Å². The van der Waals surface area contributed by atoms with Gasteiger partial charge >= 0.3 is 0 Å². The highest BCUT2D eigenvalue weighted by Crippen LogP contribution is 2.13. The summed E-state index contributed by atoms with van der Waals surface area (Å²) >= 11 is -1.78. The first-order valence-corrected chi connectivity index (χ1v) is 5.03. The number of H-pyrrole nitrogens is 1. The topological polar surface area (TPSA) is 66.0 Å². The molecule has 1 aromatic carbocycles. The summed E-state index contributed by atoms with van der Waals surface area (Å²) in [7, 11) is 0. The van der Waals surface area contributed by atoms with Crippen molar-refractivity contribution in [3.63, 3.8) is 0 Å². The molecule has 0 spiro atoms. The molecule has 2 N–H and O–H groups in total. The number of fused-ring (bicyclic) bond motifs is 1. The van der Waals surface area contributed by atoms with Crippen LogP contribution in [0, 0.1) is 0 Å². The van der Waals surface area contributed by atoms with Crippen LogP contribution in [-0.4, -0.2) is 19.0 Å². The Morgan fingerprint density at radius 1 is 1.54 bits per heavy atom. The number of hydrogen-bond donors (Lipinski definition) is 2. The molecule has 1 aromatic heterocycles. The molecule has 0 amide bonds. The highest BCUT2D eigenvalue weighted by atomic mass is 32.2. The van der Waals surface area contributed by atoms with Gasteiger partial charge in [-0.2, -0.15) is 5.10 Å². The van der Waals surface area contributed by atoms with Crippen LogP contribution in [0.15, 0.2) is 24.4 Å².